The Labute approximate surface area is 152 Å². The van der Waals surface area contributed by atoms with Gasteiger partial charge in [0.25, 0.3) is 0 Å². The molecule has 0 aliphatic rings. The van der Waals surface area contributed by atoms with E-state index in [-0.39, 0.29) is 5.75 Å². The number of nitrogens with zero attached hydrogens (tertiary/aromatic N) is 1. The first kappa shape index (κ1) is 17.7. The third kappa shape index (κ3) is 4.30. The van der Waals surface area contributed by atoms with Crippen LogP contribution in [0.3, 0.4) is 0 Å². The molecule has 0 aliphatic carbocycles. The molecule has 3 rings (SSSR count). The van der Waals surface area contributed by atoms with Crippen LogP contribution in [0.2, 0.25) is 0 Å². The summed E-state index contributed by atoms with van der Waals surface area (Å²) in [6.07, 6.45) is 4.38. The Bertz CT molecular complexity index is 869. The number of halogens is 1. The number of hydrogen-bond acceptors (Lipinski definition) is 4. The zero-order chi connectivity index (χ0) is 18.4. The molecule has 1 N–H and O–H groups in total. The lowest BCUT2D eigenvalue weighted by atomic mass is 10.1. The molecule has 5 heteroatoms. The second-order valence-electron chi connectivity index (χ2n) is 5.80. The molecule has 0 radical (unpaired) electrons. The topological polar surface area (TPSA) is 43.4 Å². The first-order valence-electron chi connectivity index (χ1n) is 8.46. The zero-order valence-electron chi connectivity index (χ0n) is 14.8. The Hall–Kier alpha value is -3.08. The molecule has 0 unspecified atom stereocenters. The van der Waals surface area contributed by atoms with Crippen molar-refractivity contribution in [1.82, 2.24) is 4.98 Å². The predicted molar refractivity (Wildman–Crippen MR) is 100 cm³/mol. The van der Waals surface area contributed by atoms with Crippen LogP contribution >= 0.6 is 0 Å². The molecule has 1 aromatic heterocycles. The van der Waals surface area contributed by atoms with E-state index in [0.717, 1.165) is 17.5 Å². The zero-order valence-corrected chi connectivity index (χ0v) is 14.8. The lowest BCUT2D eigenvalue weighted by molar-refractivity contribution is 0.370. The van der Waals surface area contributed by atoms with E-state index < -0.39 is 5.82 Å². The van der Waals surface area contributed by atoms with Gasteiger partial charge in [0.2, 0.25) is 0 Å². The van der Waals surface area contributed by atoms with E-state index in [1.807, 2.05) is 24.3 Å². The number of aromatic nitrogens is 1. The Morgan fingerprint density at radius 3 is 2.54 bits per heavy atom. The van der Waals surface area contributed by atoms with E-state index in [4.69, 9.17) is 9.47 Å². The minimum absolute atomic E-state index is 0.152. The third-order valence-corrected chi connectivity index (χ3v) is 4.01. The van der Waals surface area contributed by atoms with Crippen molar-refractivity contribution in [3.63, 3.8) is 0 Å². The largest absolute Gasteiger partial charge is 0.493 e. The Morgan fingerprint density at radius 2 is 1.85 bits per heavy atom. The second-order valence-corrected chi connectivity index (χ2v) is 5.80. The van der Waals surface area contributed by atoms with Crippen LogP contribution in [0.15, 0.2) is 60.9 Å². The number of pyridine rings is 1. The van der Waals surface area contributed by atoms with Crippen molar-refractivity contribution in [2.75, 3.05) is 12.4 Å². The van der Waals surface area contributed by atoms with Crippen LogP contribution in [-0.2, 0) is 13.0 Å². The van der Waals surface area contributed by atoms with E-state index in [2.05, 4.69) is 17.2 Å². The fraction of sp³-hybridized carbons (Fsp3) is 0.190. The summed E-state index contributed by atoms with van der Waals surface area (Å²) < 4.78 is 25.5. The number of benzene rings is 2. The highest BCUT2D eigenvalue weighted by atomic mass is 19.1. The van der Waals surface area contributed by atoms with Gasteiger partial charge in [-0.2, -0.15) is 0 Å². The molecule has 0 fully saturated rings. The number of ether oxygens (including phenoxy) is 2. The quantitative estimate of drug-likeness (QED) is 0.635. The maximum Gasteiger partial charge on any atom is 0.169 e. The normalized spacial score (nSPS) is 10.4. The van der Waals surface area contributed by atoms with Crippen LogP contribution in [0, 0.1) is 5.82 Å². The average molecular weight is 352 g/mol. The van der Waals surface area contributed by atoms with Crippen LogP contribution in [0.4, 0.5) is 10.1 Å². The Kier molecular flexibility index (Phi) is 5.69. The van der Waals surface area contributed by atoms with Gasteiger partial charge in [-0.15, -0.1) is 0 Å². The molecule has 0 aliphatic heterocycles. The van der Waals surface area contributed by atoms with Gasteiger partial charge in [-0.25, -0.2) is 4.39 Å². The first-order valence-corrected chi connectivity index (χ1v) is 8.46. The number of rotatable bonds is 7. The van der Waals surface area contributed by atoms with Crippen LogP contribution in [0.25, 0.3) is 0 Å². The lowest BCUT2D eigenvalue weighted by Crippen LogP contribution is -2.00. The number of nitrogens with one attached hydrogen (secondary N) is 1. The fourth-order valence-corrected chi connectivity index (χ4v) is 2.54. The molecule has 134 valence electrons. The molecule has 3 aromatic rings. The van der Waals surface area contributed by atoms with E-state index >= 15 is 0 Å². The SMILES string of the molecule is CCc1ccc(Oc2ccc(NCc3cccnc3)cc2F)c(OC)c1. The minimum Gasteiger partial charge on any atom is -0.493 e. The molecule has 0 bridgehead atoms. The maximum atomic E-state index is 14.4. The van der Waals surface area contributed by atoms with Crippen LogP contribution in [-0.4, -0.2) is 12.1 Å². The smallest absolute Gasteiger partial charge is 0.169 e. The number of methoxy groups -OCH3 is 1. The first-order chi connectivity index (χ1) is 12.7. The molecule has 0 atom stereocenters. The van der Waals surface area contributed by atoms with Gasteiger partial charge in [-0.05, 0) is 47.9 Å². The van der Waals surface area contributed by atoms with E-state index in [0.29, 0.717) is 23.7 Å². The molecule has 0 amide bonds. The number of aryl methyl sites for hydroxylation is 1. The van der Waals surface area contributed by atoms with Crippen molar-refractivity contribution in [2.24, 2.45) is 0 Å². The Balaban J connectivity index is 1.72. The lowest BCUT2D eigenvalue weighted by Gasteiger charge is -2.13. The van der Waals surface area contributed by atoms with Crippen molar-refractivity contribution in [1.29, 1.82) is 0 Å². The van der Waals surface area contributed by atoms with Gasteiger partial charge in [0.1, 0.15) is 0 Å². The van der Waals surface area contributed by atoms with Crippen molar-refractivity contribution in [3.05, 3.63) is 77.9 Å². The van der Waals surface area contributed by atoms with Gasteiger partial charge in [0, 0.05) is 30.7 Å². The van der Waals surface area contributed by atoms with Crippen molar-refractivity contribution >= 4 is 5.69 Å². The van der Waals surface area contributed by atoms with Gasteiger partial charge in [0.05, 0.1) is 7.11 Å². The van der Waals surface area contributed by atoms with Crippen molar-refractivity contribution in [3.8, 4) is 17.2 Å². The molecule has 0 saturated heterocycles. The van der Waals surface area contributed by atoms with E-state index in [9.17, 15) is 4.39 Å². The summed E-state index contributed by atoms with van der Waals surface area (Å²) in [7, 11) is 1.57. The maximum absolute atomic E-state index is 14.4. The molecule has 1 heterocycles. The van der Waals surface area contributed by atoms with Crippen LogP contribution < -0.4 is 14.8 Å². The molecule has 4 nitrogen and oxygen atoms in total. The van der Waals surface area contributed by atoms with Gasteiger partial charge in [0.15, 0.2) is 23.1 Å². The van der Waals surface area contributed by atoms with Crippen molar-refractivity contribution < 1.29 is 13.9 Å². The standard InChI is InChI=1S/C21H21FN2O2/c1-3-15-6-8-20(21(11-15)25-2)26-19-9-7-17(12-18(19)22)24-14-16-5-4-10-23-13-16/h4-13,24H,3,14H2,1-2H3. The number of anilines is 1. The highest BCUT2D eigenvalue weighted by Gasteiger charge is 2.11. The minimum atomic E-state index is -0.442. The fourth-order valence-electron chi connectivity index (χ4n) is 2.54. The molecule has 0 saturated carbocycles. The van der Waals surface area contributed by atoms with Crippen molar-refractivity contribution in [2.45, 2.75) is 19.9 Å². The molecule has 0 spiro atoms. The summed E-state index contributed by atoms with van der Waals surface area (Å²) in [5.41, 5.74) is 2.82. The van der Waals surface area contributed by atoms with Crippen LogP contribution in [0.5, 0.6) is 17.2 Å². The summed E-state index contributed by atoms with van der Waals surface area (Å²) in [5.74, 6) is 0.782. The average Bonchev–Trinajstić information content (AvgIpc) is 2.69. The summed E-state index contributed by atoms with van der Waals surface area (Å²) in [6, 6.07) is 14.3. The molecular weight excluding hydrogens is 331 g/mol. The molecular formula is C21H21FN2O2. The summed E-state index contributed by atoms with van der Waals surface area (Å²) >= 11 is 0. The summed E-state index contributed by atoms with van der Waals surface area (Å²) in [4.78, 5) is 4.06. The van der Waals surface area contributed by atoms with E-state index in [1.54, 1.807) is 37.7 Å². The third-order valence-electron chi connectivity index (χ3n) is 4.01. The Morgan fingerprint density at radius 1 is 1.00 bits per heavy atom. The number of hydrogen-bond donors (Lipinski definition) is 1. The highest BCUT2D eigenvalue weighted by Crippen LogP contribution is 2.34. The molecule has 26 heavy (non-hydrogen) atoms. The van der Waals surface area contributed by atoms with Gasteiger partial charge >= 0.3 is 0 Å². The summed E-state index contributed by atoms with van der Waals surface area (Å²) in [5, 5.41) is 3.17. The van der Waals surface area contributed by atoms with Gasteiger partial charge < -0.3 is 14.8 Å². The van der Waals surface area contributed by atoms with Crippen LogP contribution in [0.1, 0.15) is 18.1 Å². The molecule has 2 aromatic carbocycles. The van der Waals surface area contributed by atoms with E-state index in [1.165, 1.54) is 6.07 Å². The highest BCUT2D eigenvalue weighted by molar-refractivity contribution is 5.50. The predicted octanol–water partition coefficient (Wildman–Crippen LogP) is 5.20. The van der Waals surface area contributed by atoms with Gasteiger partial charge in [-0.3, -0.25) is 4.98 Å². The second kappa shape index (κ2) is 8.34. The monoisotopic (exact) mass is 352 g/mol. The summed E-state index contributed by atoms with van der Waals surface area (Å²) in [6.45, 7) is 2.63. The van der Waals surface area contributed by atoms with Gasteiger partial charge in [-0.1, -0.05) is 19.1 Å².